The Morgan fingerprint density at radius 2 is 1.88 bits per heavy atom. The van der Waals surface area contributed by atoms with E-state index in [1.807, 2.05) is 36.4 Å². The van der Waals surface area contributed by atoms with Crippen LogP contribution in [0.15, 0.2) is 53.5 Å². The van der Waals surface area contributed by atoms with Crippen LogP contribution < -0.4 is 15.8 Å². The van der Waals surface area contributed by atoms with Gasteiger partial charge in [-0.1, -0.05) is 31.2 Å². The zero-order valence-electron chi connectivity index (χ0n) is 15.4. The van der Waals surface area contributed by atoms with Gasteiger partial charge in [-0.25, -0.2) is 0 Å². The Balaban J connectivity index is 0.00000338. The molecule has 0 spiro atoms. The summed E-state index contributed by atoms with van der Waals surface area (Å²) in [6.07, 6.45) is 1.83. The summed E-state index contributed by atoms with van der Waals surface area (Å²) in [7, 11) is 1.66. The molecule has 0 fully saturated rings. The molecule has 0 atom stereocenters. The number of rotatable bonds is 9. The predicted octanol–water partition coefficient (Wildman–Crippen LogP) is 4.21. The molecule has 0 saturated heterocycles. The highest BCUT2D eigenvalue weighted by atomic mass is 127. The normalized spacial score (nSPS) is 10.9. The molecule has 0 heterocycles. The summed E-state index contributed by atoms with van der Waals surface area (Å²) in [6.45, 7) is 4.00. The fourth-order valence-corrected chi connectivity index (χ4v) is 2.33. The highest BCUT2D eigenvalue weighted by molar-refractivity contribution is 14.0. The summed E-state index contributed by atoms with van der Waals surface area (Å²) in [5.41, 5.74) is 9.28. The lowest BCUT2D eigenvalue weighted by Gasteiger charge is -2.07. The first-order valence-corrected chi connectivity index (χ1v) is 8.58. The van der Waals surface area contributed by atoms with Crippen molar-refractivity contribution < 1.29 is 9.47 Å². The predicted molar refractivity (Wildman–Crippen MR) is 119 cm³/mol. The summed E-state index contributed by atoms with van der Waals surface area (Å²) >= 11 is 0. The molecule has 2 aromatic rings. The Morgan fingerprint density at radius 1 is 1.12 bits per heavy atom. The fourth-order valence-electron chi connectivity index (χ4n) is 2.33. The van der Waals surface area contributed by atoms with Crippen LogP contribution in [0.25, 0.3) is 0 Å². The number of nitrogens with one attached hydrogen (secondary N) is 1. The summed E-state index contributed by atoms with van der Waals surface area (Å²) < 4.78 is 10.8. The number of anilines is 1. The van der Waals surface area contributed by atoms with Crippen LogP contribution in [0.4, 0.5) is 5.69 Å². The molecule has 0 aliphatic carbocycles. The Hall–Kier alpha value is -1.80. The Morgan fingerprint density at radius 3 is 2.58 bits per heavy atom. The Kier molecular flexibility index (Phi) is 10.7. The van der Waals surface area contributed by atoms with Gasteiger partial charge in [0.05, 0.1) is 13.7 Å². The topological polar surface area (TPSA) is 68.9 Å². The van der Waals surface area contributed by atoms with Crippen molar-refractivity contribution in [3.8, 4) is 5.75 Å². The highest BCUT2D eigenvalue weighted by Gasteiger charge is 1.97. The van der Waals surface area contributed by atoms with Crippen LogP contribution in [0.5, 0.6) is 5.75 Å². The quantitative estimate of drug-likeness (QED) is 0.250. The maximum Gasteiger partial charge on any atom is 0.193 e. The van der Waals surface area contributed by atoms with Crippen LogP contribution in [-0.4, -0.2) is 26.2 Å². The summed E-state index contributed by atoms with van der Waals surface area (Å²) in [6, 6.07) is 16.1. The molecule has 3 N–H and O–H groups in total. The highest BCUT2D eigenvalue weighted by Crippen LogP contribution is 2.12. The second kappa shape index (κ2) is 12.5. The van der Waals surface area contributed by atoms with E-state index in [1.165, 1.54) is 5.56 Å². The number of nitrogens with zero attached hydrogens (tertiary/aromatic N) is 1. The zero-order valence-corrected chi connectivity index (χ0v) is 17.7. The van der Waals surface area contributed by atoms with Crippen molar-refractivity contribution in [2.45, 2.75) is 26.4 Å². The van der Waals surface area contributed by atoms with Gasteiger partial charge in [-0.2, -0.15) is 0 Å². The lowest BCUT2D eigenvalue weighted by Crippen LogP contribution is -2.23. The third kappa shape index (κ3) is 8.05. The van der Waals surface area contributed by atoms with E-state index in [-0.39, 0.29) is 24.0 Å². The fraction of sp³-hybridized carbons (Fsp3) is 0.350. The van der Waals surface area contributed by atoms with Crippen LogP contribution >= 0.6 is 24.0 Å². The molecule has 6 heteroatoms. The average molecular weight is 469 g/mol. The van der Waals surface area contributed by atoms with Crippen LogP contribution in [-0.2, 0) is 17.8 Å². The lowest BCUT2D eigenvalue weighted by molar-refractivity contribution is 0.120. The molecular formula is C20H28IN3O2. The van der Waals surface area contributed by atoms with Crippen molar-refractivity contribution in [3.63, 3.8) is 0 Å². The third-order valence-electron chi connectivity index (χ3n) is 3.76. The van der Waals surface area contributed by atoms with Gasteiger partial charge in [-0.3, -0.25) is 4.99 Å². The molecular weight excluding hydrogens is 441 g/mol. The number of ether oxygens (including phenoxy) is 2. The number of methoxy groups -OCH3 is 1. The minimum absolute atomic E-state index is 0. The van der Waals surface area contributed by atoms with Gasteiger partial charge in [0.1, 0.15) is 5.75 Å². The molecule has 0 amide bonds. The van der Waals surface area contributed by atoms with Gasteiger partial charge < -0.3 is 20.5 Å². The lowest BCUT2D eigenvalue weighted by atomic mass is 10.1. The van der Waals surface area contributed by atoms with E-state index in [9.17, 15) is 0 Å². The second-order valence-electron chi connectivity index (χ2n) is 5.70. The zero-order chi connectivity index (χ0) is 17.9. The van der Waals surface area contributed by atoms with E-state index in [0.29, 0.717) is 25.7 Å². The third-order valence-corrected chi connectivity index (χ3v) is 3.76. The van der Waals surface area contributed by atoms with Gasteiger partial charge in [0.15, 0.2) is 5.96 Å². The molecule has 0 radical (unpaired) electrons. The molecule has 2 aromatic carbocycles. The van der Waals surface area contributed by atoms with E-state index in [4.69, 9.17) is 15.2 Å². The van der Waals surface area contributed by atoms with Gasteiger partial charge in [-0.05, 0) is 48.2 Å². The number of hydrogen-bond acceptors (Lipinski definition) is 3. The van der Waals surface area contributed by atoms with Crippen LogP contribution in [0.3, 0.4) is 0 Å². The SMILES string of the molecule is CCc1cccc(NC(N)=NCCCOCc2ccc(OC)cc2)c1.I. The van der Waals surface area contributed by atoms with Crippen molar-refractivity contribution in [2.24, 2.45) is 10.7 Å². The first kappa shape index (κ1) is 22.2. The van der Waals surface area contributed by atoms with E-state index < -0.39 is 0 Å². The molecule has 0 aliphatic rings. The largest absolute Gasteiger partial charge is 0.497 e. The maximum atomic E-state index is 5.92. The number of hydrogen-bond donors (Lipinski definition) is 2. The Bertz CT molecular complexity index is 675. The smallest absolute Gasteiger partial charge is 0.193 e. The second-order valence-corrected chi connectivity index (χ2v) is 5.70. The summed E-state index contributed by atoms with van der Waals surface area (Å²) in [5, 5.41) is 3.12. The van der Waals surface area contributed by atoms with Gasteiger partial charge in [0.25, 0.3) is 0 Å². The van der Waals surface area contributed by atoms with Crippen molar-refractivity contribution in [3.05, 3.63) is 59.7 Å². The van der Waals surface area contributed by atoms with E-state index in [1.54, 1.807) is 7.11 Å². The number of aliphatic imine (C=N–C) groups is 1. The number of benzene rings is 2. The van der Waals surface area contributed by atoms with Gasteiger partial charge in [0, 0.05) is 18.8 Å². The van der Waals surface area contributed by atoms with Crippen molar-refractivity contribution in [2.75, 3.05) is 25.6 Å². The molecule has 5 nitrogen and oxygen atoms in total. The van der Waals surface area contributed by atoms with Crippen molar-refractivity contribution in [1.29, 1.82) is 0 Å². The number of halogens is 1. The van der Waals surface area contributed by atoms with Crippen LogP contribution in [0.2, 0.25) is 0 Å². The molecule has 142 valence electrons. The van der Waals surface area contributed by atoms with Crippen molar-refractivity contribution >= 4 is 35.6 Å². The first-order valence-electron chi connectivity index (χ1n) is 8.58. The Labute approximate surface area is 173 Å². The number of nitrogens with two attached hydrogens (primary N) is 1. The van der Waals surface area contributed by atoms with Gasteiger partial charge in [-0.15, -0.1) is 24.0 Å². The van der Waals surface area contributed by atoms with E-state index >= 15 is 0 Å². The standard InChI is InChI=1S/C20H27N3O2.HI/c1-3-16-6-4-7-18(14-16)23-20(21)22-12-5-13-25-15-17-8-10-19(24-2)11-9-17;/h4,6-11,14H,3,5,12-13,15H2,1-2H3,(H3,21,22,23);1H. The monoisotopic (exact) mass is 469 g/mol. The van der Waals surface area contributed by atoms with E-state index in [2.05, 4.69) is 29.4 Å². The van der Waals surface area contributed by atoms with E-state index in [0.717, 1.165) is 29.8 Å². The van der Waals surface area contributed by atoms with Crippen LogP contribution in [0, 0.1) is 0 Å². The molecule has 2 rings (SSSR count). The molecule has 0 aliphatic heterocycles. The number of guanidine groups is 1. The molecule has 0 unspecified atom stereocenters. The first-order chi connectivity index (χ1) is 12.2. The van der Waals surface area contributed by atoms with Crippen molar-refractivity contribution in [1.82, 2.24) is 0 Å². The summed E-state index contributed by atoms with van der Waals surface area (Å²) in [4.78, 5) is 4.33. The number of aryl methyl sites for hydroxylation is 1. The molecule has 0 aromatic heterocycles. The minimum Gasteiger partial charge on any atom is -0.497 e. The maximum absolute atomic E-state index is 5.92. The average Bonchev–Trinajstić information content (AvgIpc) is 2.65. The molecule has 0 bridgehead atoms. The molecule has 26 heavy (non-hydrogen) atoms. The summed E-state index contributed by atoms with van der Waals surface area (Å²) in [5.74, 6) is 1.29. The minimum atomic E-state index is 0. The molecule has 0 saturated carbocycles. The van der Waals surface area contributed by atoms with Gasteiger partial charge in [0.2, 0.25) is 0 Å². The van der Waals surface area contributed by atoms with Crippen LogP contribution in [0.1, 0.15) is 24.5 Å². The van der Waals surface area contributed by atoms with Gasteiger partial charge >= 0.3 is 0 Å².